The first-order valence-corrected chi connectivity index (χ1v) is 6.90. The number of aromatic nitrogens is 2. The van der Waals surface area contributed by atoms with Crippen LogP contribution < -0.4 is 10.9 Å². The summed E-state index contributed by atoms with van der Waals surface area (Å²) in [6.45, 7) is 1.94. The Labute approximate surface area is 131 Å². The summed E-state index contributed by atoms with van der Waals surface area (Å²) in [5.41, 5.74) is 6.88. The van der Waals surface area contributed by atoms with Gasteiger partial charge in [0.2, 0.25) is 0 Å². The van der Waals surface area contributed by atoms with E-state index >= 15 is 0 Å². The fourth-order valence-corrected chi connectivity index (χ4v) is 2.05. The van der Waals surface area contributed by atoms with Gasteiger partial charge in [0.1, 0.15) is 0 Å². The number of benzene rings is 1. The molecule has 0 atom stereocenters. The summed E-state index contributed by atoms with van der Waals surface area (Å²) in [4.78, 5) is 23.7. The van der Waals surface area contributed by atoms with E-state index in [1.54, 1.807) is 41.2 Å². The number of furan rings is 1. The smallest absolute Gasteiger partial charge is 0.305 e. The summed E-state index contributed by atoms with van der Waals surface area (Å²) in [5.74, 6) is -0.824. The van der Waals surface area contributed by atoms with Crippen molar-refractivity contribution in [1.82, 2.24) is 20.6 Å². The van der Waals surface area contributed by atoms with Crippen molar-refractivity contribution >= 4 is 11.8 Å². The molecule has 2 heterocycles. The predicted octanol–water partition coefficient (Wildman–Crippen LogP) is 1.85. The fraction of sp³-hybridized carbons (Fsp3) is 0.0625. The van der Waals surface area contributed by atoms with Gasteiger partial charge in [-0.25, -0.2) is 4.68 Å². The molecular weight excluding hydrogens is 296 g/mol. The Balaban J connectivity index is 1.64. The summed E-state index contributed by atoms with van der Waals surface area (Å²) in [5, 5.41) is 4.20. The molecule has 0 saturated carbocycles. The van der Waals surface area contributed by atoms with E-state index in [0.717, 1.165) is 11.4 Å². The molecule has 2 aromatic heterocycles. The lowest BCUT2D eigenvalue weighted by Crippen LogP contribution is -2.41. The molecule has 0 fully saturated rings. The van der Waals surface area contributed by atoms with Crippen LogP contribution in [0, 0.1) is 6.92 Å². The van der Waals surface area contributed by atoms with Crippen molar-refractivity contribution < 1.29 is 14.0 Å². The zero-order valence-corrected chi connectivity index (χ0v) is 12.3. The van der Waals surface area contributed by atoms with Gasteiger partial charge in [0.15, 0.2) is 5.76 Å². The molecule has 0 unspecified atom stereocenters. The minimum absolute atomic E-state index is 0.120. The molecule has 116 valence electrons. The molecule has 3 aromatic rings. The molecule has 1 aromatic carbocycles. The van der Waals surface area contributed by atoms with Crippen molar-refractivity contribution in [1.29, 1.82) is 0 Å². The average molecular weight is 310 g/mol. The van der Waals surface area contributed by atoms with E-state index in [9.17, 15) is 9.59 Å². The van der Waals surface area contributed by atoms with E-state index in [0.29, 0.717) is 5.56 Å². The van der Waals surface area contributed by atoms with Gasteiger partial charge in [0, 0.05) is 17.5 Å². The second-order valence-electron chi connectivity index (χ2n) is 4.82. The van der Waals surface area contributed by atoms with Crippen LogP contribution in [0.5, 0.6) is 0 Å². The van der Waals surface area contributed by atoms with Crippen molar-refractivity contribution in [3.63, 3.8) is 0 Å². The molecule has 23 heavy (non-hydrogen) atoms. The Kier molecular flexibility index (Phi) is 3.92. The summed E-state index contributed by atoms with van der Waals surface area (Å²) in [6, 6.07) is 11.9. The average Bonchev–Trinajstić information content (AvgIpc) is 3.24. The van der Waals surface area contributed by atoms with Crippen LogP contribution in [-0.2, 0) is 0 Å². The van der Waals surface area contributed by atoms with Crippen molar-refractivity contribution in [2.45, 2.75) is 6.92 Å². The molecule has 2 amide bonds. The molecule has 7 heteroatoms. The van der Waals surface area contributed by atoms with Crippen LogP contribution in [0.3, 0.4) is 0 Å². The van der Waals surface area contributed by atoms with Crippen LogP contribution in [0.25, 0.3) is 5.69 Å². The minimum atomic E-state index is -0.521. The first kappa shape index (κ1) is 14.6. The van der Waals surface area contributed by atoms with Crippen LogP contribution in [0.15, 0.2) is 59.3 Å². The number of amides is 2. The number of carbonyl (C=O) groups excluding carboxylic acids is 2. The molecular formula is C16H14N4O3. The van der Waals surface area contributed by atoms with Crippen molar-refractivity contribution in [2.24, 2.45) is 0 Å². The predicted molar refractivity (Wildman–Crippen MR) is 81.9 cm³/mol. The Morgan fingerprint density at radius 2 is 1.78 bits per heavy atom. The SMILES string of the molecule is Cc1ccnn1-c1ccc(C(=O)NNC(=O)c2ccco2)cc1. The highest BCUT2D eigenvalue weighted by Crippen LogP contribution is 2.11. The van der Waals surface area contributed by atoms with Gasteiger partial charge < -0.3 is 4.42 Å². The first-order valence-electron chi connectivity index (χ1n) is 6.90. The number of carbonyl (C=O) groups is 2. The van der Waals surface area contributed by atoms with Crippen molar-refractivity contribution in [3.05, 3.63) is 71.9 Å². The maximum atomic E-state index is 12.0. The highest BCUT2D eigenvalue weighted by Gasteiger charge is 2.11. The highest BCUT2D eigenvalue weighted by atomic mass is 16.3. The standard InChI is InChI=1S/C16H14N4O3/c1-11-8-9-17-20(11)13-6-4-12(5-7-13)15(21)18-19-16(22)14-3-2-10-23-14/h2-10H,1H3,(H,18,21)(H,19,22). The van der Waals surface area contributed by atoms with Crippen LogP contribution in [0.2, 0.25) is 0 Å². The number of nitrogens with zero attached hydrogens (tertiary/aromatic N) is 2. The zero-order valence-electron chi connectivity index (χ0n) is 12.3. The minimum Gasteiger partial charge on any atom is -0.459 e. The van der Waals surface area contributed by atoms with Crippen LogP contribution in [-0.4, -0.2) is 21.6 Å². The number of aryl methyl sites for hydroxylation is 1. The van der Waals surface area contributed by atoms with Crippen molar-refractivity contribution in [2.75, 3.05) is 0 Å². The van der Waals surface area contributed by atoms with Crippen LogP contribution in [0.4, 0.5) is 0 Å². The van der Waals surface area contributed by atoms with Gasteiger partial charge in [-0.1, -0.05) is 0 Å². The van der Waals surface area contributed by atoms with Gasteiger partial charge in [-0.05, 0) is 49.4 Å². The number of hydrazine groups is 1. The lowest BCUT2D eigenvalue weighted by atomic mass is 10.2. The quantitative estimate of drug-likeness (QED) is 0.723. The fourth-order valence-electron chi connectivity index (χ4n) is 2.05. The Bertz CT molecular complexity index is 819. The van der Waals surface area contributed by atoms with Gasteiger partial charge in [0.25, 0.3) is 5.91 Å². The monoisotopic (exact) mass is 310 g/mol. The van der Waals surface area contributed by atoms with Crippen LogP contribution in [0.1, 0.15) is 26.6 Å². The molecule has 0 spiro atoms. The normalized spacial score (nSPS) is 10.3. The molecule has 0 aliphatic rings. The van der Waals surface area contributed by atoms with Crippen molar-refractivity contribution in [3.8, 4) is 5.69 Å². The van der Waals surface area contributed by atoms with Gasteiger partial charge in [-0.2, -0.15) is 5.10 Å². The number of hydrogen-bond donors (Lipinski definition) is 2. The molecule has 0 bridgehead atoms. The zero-order chi connectivity index (χ0) is 16.2. The second kappa shape index (κ2) is 6.18. The second-order valence-corrected chi connectivity index (χ2v) is 4.82. The summed E-state index contributed by atoms with van der Waals surface area (Å²) < 4.78 is 6.69. The van der Waals surface area contributed by atoms with E-state index in [1.807, 2.05) is 13.0 Å². The van der Waals surface area contributed by atoms with E-state index in [1.165, 1.54) is 12.3 Å². The molecule has 7 nitrogen and oxygen atoms in total. The maximum absolute atomic E-state index is 12.0. The maximum Gasteiger partial charge on any atom is 0.305 e. The first-order chi connectivity index (χ1) is 11.1. The Morgan fingerprint density at radius 3 is 2.39 bits per heavy atom. The molecule has 0 aliphatic heterocycles. The summed E-state index contributed by atoms with van der Waals surface area (Å²) in [7, 11) is 0. The van der Waals surface area contributed by atoms with E-state index in [2.05, 4.69) is 16.0 Å². The molecule has 0 aliphatic carbocycles. The third kappa shape index (κ3) is 3.13. The van der Waals surface area contributed by atoms with Gasteiger partial charge >= 0.3 is 5.91 Å². The molecule has 0 saturated heterocycles. The number of hydrogen-bond acceptors (Lipinski definition) is 4. The van der Waals surface area contributed by atoms with Gasteiger partial charge in [-0.3, -0.25) is 20.4 Å². The van der Waals surface area contributed by atoms with Gasteiger partial charge in [-0.15, -0.1) is 0 Å². The van der Waals surface area contributed by atoms with E-state index < -0.39 is 11.8 Å². The summed E-state index contributed by atoms with van der Waals surface area (Å²) >= 11 is 0. The number of rotatable bonds is 3. The van der Waals surface area contributed by atoms with Crippen LogP contribution >= 0.6 is 0 Å². The summed E-state index contributed by atoms with van der Waals surface area (Å²) in [6.07, 6.45) is 3.09. The Morgan fingerprint density at radius 1 is 1.04 bits per heavy atom. The topological polar surface area (TPSA) is 89.2 Å². The molecule has 2 N–H and O–H groups in total. The van der Waals surface area contributed by atoms with E-state index in [-0.39, 0.29) is 5.76 Å². The lowest BCUT2D eigenvalue weighted by molar-refractivity contribution is 0.0831. The third-order valence-corrected chi connectivity index (χ3v) is 3.24. The van der Waals surface area contributed by atoms with E-state index in [4.69, 9.17) is 4.42 Å². The third-order valence-electron chi connectivity index (χ3n) is 3.24. The molecule has 3 rings (SSSR count). The lowest BCUT2D eigenvalue weighted by Gasteiger charge is -2.08. The van der Waals surface area contributed by atoms with Gasteiger partial charge in [0.05, 0.1) is 12.0 Å². The largest absolute Gasteiger partial charge is 0.459 e. The number of nitrogens with one attached hydrogen (secondary N) is 2. The Hall–Kier alpha value is -3.35. The highest BCUT2D eigenvalue weighted by molar-refractivity contribution is 5.98. The molecule has 0 radical (unpaired) electrons.